The second-order valence-electron chi connectivity index (χ2n) is 4.96. The van der Waals surface area contributed by atoms with E-state index in [1.54, 1.807) is 0 Å². The Morgan fingerprint density at radius 2 is 2.44 bits per heavy atom. The van der Waals surface area contributed by atoms with Gasteiger partial charge in [0.1, 0.15) is 11.3 Å². The molecule has 1 aliphatic heterocycles. The fraction of sp³-hybridized carbons (Fsp3) is 0.571. The normalized spacial score (nSPS) is 19.7. The van der Waals surface area contributed by atoms with Gasteiger partial charge in [-0.3, -0.25) is 0 Å². The van der Waals surface area contributed by atoms with Crippen LogP contribution >= 0.6 is 0 Å². The van der Waals surface area contributed by atoms with Gasteiger partial charge in [-0.25, -0.2) is 9.97 Å². The maximum Gasteiger partial charge on any atom is 0.159 e. The van der Waals surface area contributed by atoms with Gasteiger partial charge < -0.3 is 9.30 Å². The highest BCUT2D eigenvalue weighted by molar-refractivity contribution is 5.71. The van der Waals surface area contributed by atoms with Crippen molar-refractivity contribution in [3.63, 3.8) is 0 Å². The van der Waals surface area contributed by atoms with Crippen molar-refractivity contribution < 1.29 is 4.74 Å². The number of hydrogen-bond acceptors (Lipinski definition) is 3. The molecule has 0 saturated carbocycles. The van der Waals surface area contributed by atoms with Crippen LogP contribution in [0, 0.1) is 5.92 Å². The lowest BCUT2D eigenvalue weighted by atomic mass is 10.0. The maximum absolute atomic E-state index is 5.45. The van der Waals surface area contributed by atoms with Gasteiger partial charge >= 0.3 is 0 Å². The zero-order valence-corrected chi connectivity index (χ0v) is 10.8. The smallest absolute Gasteiger partial charge is 0.159 e. The molecule has 3 heterocycles. The van der Waals surface area contributed by atoms with Gasteiger partial charge in [0.05, 0.1) is 0 Å². The van der Waals surface area contributed by atoms with Crippen LogP contribution in [0.15, 0.2) is 18.3 Å². The van der Waals surface area contributed by atoms with Crippen molar-refractivity contribution in [3.05, 3.63) is 24.2 Å². The number of nitrogens with zero attached hydrogens (tertiary/aromatic N) is 3. The standard InChI is InChI=1S/C14H19N3O/c1-2-7-17-13(9-11-5-8-18-10-11)16-12-4-3-6-15-14(12)17/h3-4,6,11H,2,5,7-10H2,1H3. The summed E-state index contributed by atoms with van der Waals surface area (Å²) in [5.41, 5.74) is 2.04. The van der Waals surface area contributed by atoms with Gasteiger partial charge in [-0.2, -0.15) is 0 Å². The molecule has 0 radical (unpaired) electrons. The first-order valence-corrected chi connectivity index (χ1v) is 6.76. The van der Waals surface area contributed by atoms with Crippen molar-refractivity contribution in [3.8, 4) is 0 Å². The van der Waals surface area contributed by atoms with Crippen LogP contribution in [-0.2, 0) is 17.7 Å². The molecule has 1 fully saturated rings. The molecule has 96 valence electrons. The highest BCUT2D eigenvalue weighted by atomic mass is 16.5. The summed E-state index contributed by atoms with van der Waals surface area (Å²) in [6.45, 7) is 4.97. The van der Waals surface area contributed by atoms with E-state index in [9.17, 15) is 0 Å². The third-order valence-electron chi connectivity index (χ3n) is 3.53. The Morgan fingerprint density at radius 1 is 1.50 bits per heavy atom. The topological polar surface area (TPSA) is 39.9 Å². The van der Waals surface area contributed by atoms with Crippen molar-refractivity contribution in [1.29, 1.82) is 0 Å². The monoisotopic (exact) mass is 245 g/mol. The maximum atomic E-state index is 5.45. The predicted molar refractivity (Wildman–Crippen MR) is 70.4 cm³/mol. The van der Waals surface area contributed by atoms with Crippen molar-refractivity contribution in [2.24, 2.45) is 5.92 Å². The summed E-state index contributed by atoms with van der Waals surface area (Å²) in [6, 6.07) is 4.00. The van der Waals surface area contributed by atoms with Gasteiger partial charge in [-0.05, 0) is 30.9 Å². The number of rotatable bonds is 4. The van der Waals surface area contributed by atoms with Gasteiger partial charge in [-0.1, -0.05) is 6.92 Å². The predicted octanol–water partition coefficient (Wildman–Crippen LogP) is 2.42. The molecule has 4 nitrogen and oxygen atoms in total. The highest BCUT2D eigenvalue weighted by Crippen LogP contribution is 2.21. The molecule has 1 aliphatic rings. The second kappa shape index (κ2) is 5.06. The number of hydrogen-bond donors (Lipinski definition) is 0. The van der Waals surface area contributed by atoms with E-state index in [1.807, 2.05) is 18.3 Å². The van der Waals surface area contributed by atoms with Crippen molar-refractivity contribution in [1.82, 2.24) is 14.5 Å². The lowest BCUT2D eigenvalue weighted by Crippen LogP contribution is -2.11. The zero-order chi connectivity index (χ0) is 12.4. The minimum atomic E-state index is 0.623. The molecule has 0 amide bonds. The van der Waals surface area contributed by atoms with Gasteiger partial charge in [0.2, 0.25) is 0 Å². The van der Waals surface area contributed by atoms with E-state index in [1.165, 1.54) is 5.82 Å². The lowest BCUT2D eigenvalue weighted by Gasteiger charge is -2.10. The van der Waals surface area contributed by atoms with Crippen LogP contribution in [0.3, 0.4) is 0 Å². The quantitative estimate of drug-likeness (QED) is 0.830. The molecule has 0 aromatic carbocycles. The van der Waals surface area contributed by atoms with E-state index in [4.69, 9.17) is 9.72 Å². The molecule has 2 aromatic heterocycles. The minimum absolute atomic E-state index is 0.623. The first-order valence-electron chi connectivity index (χ1n) is 6.76. The molecule has 3 rings (SSSR count). The zero-order valence-electron chi connectivity index (χ0n) is 10.8. The van der Waals surface area contributed by atoms with Crippen LogP contribution in [0.1, 0.15) is 25.6 Å². The third-order valence-corrected chi connectivity index (χ3v) is 3.53. The average Bonchev–Trinajstić information content (AvgIpc) is 3.00. The number of imidazole rings is 1. The second-order valence-corrected chi connectivity index (χ2v) is 4.96. The van der Waals surface area contributed by atoms with Crippen LogP contribution in [0.4, 0.5) is 0 Å². The summed E-state index contributed by atoms with van der Waals surface area (Å²) in [5, 5.41) is 0. The van der Waals surface area contributed by atoms with Crippen LogP contribution in [0.5, 0.6) is 0 Å². The molecule has 0 aliphatic carbocycles. The Bertz CT molecular complexity index is 529. The Kier molecular flexibility index (Phi) is 3.28. The number of ether oxygens (including phenoxy) is 1. The summed E-state index contributed by atoms with van der Waals surface area (Å²) in [6.07, 6.45) is 5.12. The lowest BCUT2D eigenvalue weighted by molar-refractivity contribution is 0.185. The molecule has 1 unspecified atom stereocenters. The molecule has 0 bridgehead atoms. The van der Waals surface area contributed by atoms with E-state index < -0.39 is 0 Å². The fourth-order valence-electron chi connectivity index (χ4n) is 2.62. The number of pyridine rings is 1. The first kappa shape index (κ1) is 11.7. The van der Waals surface area contributed by atoms with E-state index in [0.717, 1.165) is 50.2 Å². The van der Waals surface area contributed by atoms with Gasteiger partial charge in [-0.15, -0.1) is 0 Å². The van der Waals surface area contributed by atoms with Crippen molar-refractivity contribution >= 4 is 11.2 Å². The molecule has 4 heteroatoms. The molecule has 18 heavy (non-hydrogen) atoms. The van der Waals surface area contributed by atoms with Crippen LogP contribution in [-0.4, -0.2) is 27.7 Å². The minimum Gasteiger partial charge on any atom is -0.381 e. The summed E-state index contributed by atoms with van der Waals surface area (Å²) < 4.78 is 7.72. The van der Waals surface area contributed by atoms with E-state index >= 15 is 0 Å². The summed E-state index contributed by atoms with van der Waals surface area (Å²) in [7, 11) is 0. The Balaban J connectivity index is 1.95. The number of fused-ring (bicyclic) bond motifs is 1. The summed E-state index contributed by atoms with van der Waals surface area (Å²) >= 11 is 0. The van der Waals surface area contributed by atoms with Gasteiger partial charge in [0.25, 0.3) is 0 Å². The Morgan fingerprint density at radius 3 is 3.22 bits per heavy atom. The molecular formula is C14H19N3O. The highest BCUT2D eigenvalue weighted by Gasteiger charge is 2.20. The van der Waals surface area contributed by atoms with Gasteiger partial charge in [0.15, 0.2) is 5.65 Å². The average molecular weight is 245 g/mol. The number of aryl methyl sites for hydroxylation is 1. The molecule has 0 spiro atoms. The van der Waals surface area contributed by atoms with E-state index in [-0.39, 0.29) is 0 Å². The van der Waals surface area contributed by atoms with Gasteiger partial charge in [0, 0.05) is 32.4 Å². The van der Waals surface area contributed by atoms with Crippen molar-refractivity contribution in [2.75, 3.05) is 13.2 Å². The Labute approximate surface area is 107 Å². The molecule has 1 saturated heterocycles. The fourth-order valence-corrected chi connectivity index (χ4v) is 2.62. The largest absolute Gasteiger partial charge is 0.381 e. The first-order chi connectivity index (χ1) is 8.88. The van der Waals surface area contributed by atoms with Crippen LogP contribution < -0.4 is 0 Å². The molecule has 1 atom stereocenters. The third kappa shape index (κ3) is 2.12. The van der Waals surface area contributed by atoms with Crippen LogP contribution in [0.25, 0.3) is 11.2 Å². The van der Waals surface area contributed by atoms with E-state index in [0.29, 0.717) is 5.92 Å². The molecular weight excluding hydrogens is 226 g/mol. The van der Waals surface area contributed by atoms with Crippen molar-refractivity contribution in [2.45, 2.75) is 32.7 Å². The Hall–Kier alpha value is -1.42. The molecule has 2 aromatic rings. The SMILES string of the molecule is CCCn1c(CC2CCOC2)nc2cccnc21. The summed E-state index contributed by atoms with van der Waals surface area (Å²) in [5.74, 6) is 1.79. The van der Waals surface area contributed by atoms with Crippen LogP contribution in [0.2, 0.25) is 0 Å². The van der Waals surface area contributed by atoms with E-state index in [2.05, 4.69) is 16.5 Å². The number of aromatic nitrogens is 3. The summed E-state index contributed by atoms with van der Waals surface area (Å²) in [4.78, 5) is 9.20. The molecule has 0 N–H and O–H groups in total.